The van der Waals surface area contributed by atoms with Crippen LogP contribution in [-0.2, 0) is 30.7 Å². The van der Waals surface area contributed by atoms with E-state index < -0.39 is 40.3 Å². The van der Waals surface area contributed by atoms with Gasteiger partial charge in [0.25, 0.3) is 5.91 Å². The van der Waals surface area contributed by atoms with Crippen LogP contribution in [0.5, 0.6) is 0 Å². The van der Waals surface area contributed by atoms with Crippen molar-refractivity contribution >= 4 is 33.3 Å². The van der Waals surface area contributed by atoms with E-state index in [0.717, 1.165) is 5.56 Å². The molecule has 172 valence electrons. The highest BCUT2D eigenvalue weighted by molar-refractivity contribution is 7.91. The average Bonchev–Trinajstić information content (AvgIpc) is 3.16. The normalized spacial score (nSPS) is 16.4. The zero-order chi connectivity index (χ0) is 23.8. The summed E-state index contributed by atoms with van der Waals surface area (Å²) >= 11 is 0. The van der Waals surface area contributed by atoms with E-state index in [1.54, 1.807) is 6.07 Å². The molecular weight excluding hydrogens is 446 g/mol. The molecule has 33 heavy (non-hydrogen) atoms. The fourth-order valence-corrected chi connectivity index (χ4v) is 5.21. The Kier molecular flexibility index (Phi) is 7.79. The molecule has 0 saturated carbocycles. The number of ether oxygens (including phenoxy) is 1. The second kappa shape index (κ2) is 10.7. The number of benzene rings is 2. The van der Waals surface area contributed by atoms with E-state index in [9.17, 15) is 22.8 Å². The molecule has 9 nitrogen and oxygen atoms in total. The molecule has 2 aromatic carbocycles. The molecule has 3 rings (SSSR count). The summed E-state index contributed by atoms with van der Waals surface area (Å²) in [5.41, 5.74) is 1.44. The molecule has 0 radical (unpaired) electrons. The lowest BCUT2D eigenvalue weighted by Crippen LogP contribution is -2.42. The molecule has 0 spiro atoms. The van der Waals surface area contributed by atoms with E-state index in [2.05, 4.69) is 5.32 Å². The molecular formula is C23H23N3O6S. The predicted molar refractivity (Wildman–Crippen MR) is 120 cm³/mol. The number of hydrogen-bond acceptors (Lipinski definition) is 7. The van der Waals surface area contributed by atoms with Gasteiger partial charge in [0.1, 0.15) is 6.42 Å². The van der Waals surface area contributed by atoms with Crippen molar-refractivity contribution in [3.8, 4) is 6.07 Å². The average molecular weight is 470 g/mol. The summed E-state index contributed by atoms with van der Waals surface area (Å²) in [6, 6.07) is 16.3. The number of nitrogens with zero attached hydrogens (tertiary/aromatic N) is 2. The van der Waals surface area contributed by atoms with Crippen LogP contribution in [0.2, 0.25) is 0 Å². The lowest BCUT2D eigenvalue weighted by Gasteiger charge is -2.28. The van der Waals surface area contributed by atoms with E-state index >= 15 is 0 Å². The van der Waals surface area contributed by atoms with Crippen LogP contribution in [0.3, 0.4) is 0 Å². The minimum atomic E-state index is -3.21. The maximum atomic E-state index is 12.9. The first-order chi connectivity index (χ1) is 15.8. The Hall–Kier alpha value is -3.71. The number of sulfone groups is 1. The summed E-state index contributed by atoms with van der Waals surface area (Å²) in [5, 5.41) is 11.0. The van der Waals surface area contributed by atoms with Gasteiger partial charge in [-0.3, -0.25) is 9.59 Å². The van der Waals surface area contributed by atoms with E-state index in [0.29, 0.717) is 12.1 Å². The van der Waals surface area contributed by atoms with Gasteiger partial charge in [0.05, 0.1) is 23.1 Å². The zero-order valence-corrected chi connectivity index (χ0v) is 18.6. The van der Waals surface area contributed by atoms with Crippen molar-refractivity contribution in [3.63, 3.8) is 0 Å². The van der Waals surface area contributed by atoms with E-state index in [-0.39, 0.29) is 30.0 Å². The first-order valence-electron chi connectivity index (χ1n) is 10.3. The second-order valence-corrected chi connectivity index (χ2v) is 9.83. The van der Waals surface area contributed by atoms with Crippen molar-refractivity contribution in [1.82, 2.24) is 4.90 Å². The van der Waals surface area contributed by atoms with Crippen LogP contribution in [0.15, 0.2) is 54.6 Å². The number of carbonyl (C=O) groups excluding carboxylic acids is 3. The minimum Gasteiger partial charge on any atom is -0.452 e. The molecule has 1 aliphatic rings. The molecule has 1 fully saturated rings. The molecule has 1 aliphatic heterocycles. The summed E-state index contributed by atoms with van der Waals surface area (Å²) in [7, 11) is -3.21. The Morgan fingerprint density at radius 3 is 2.39 bits per heavy atom. The number of hydrogen-bond donors (Lipinski definition) is 1. The summed E-state index contributed by atoms with van der Waals surface area (Å²) < 4.78 is 29.0. The number of carbonyl (C=O) groups is 3. The van der Waals surface area contributed by atoms with Crippen LogP contribution in [0.25, 0.3) is 0 Å². The number of nitriles is 1. The molecule has 2 amide bonds. The topological polar surface area (TPSA) is 134 Å². The SMILES string of the molecule is N#CCC(=O)Nc1ccc(C(=O)OCC(=O)N(Cc2ccccc2)[C@H]2CCS(=O)(=O)C2)cc1. The fraction of sp³-hybridized carbons (Fsp3) is 0.304. The number of anilines is 1. The molecule has 0 aromatic heterocycles. The Morgan fingerprint density at radius 1 is 1.09 bits per heavy atom. The Bertz CT molecular complexity index is 1160. The summed E-state index contributed by atoms with van der Waals surface area (Å²) in [6.07, 6.45) is 0.0571. The third-order valence-electron chi connectivity index (χ3n) is 5.14. The van der Waals surface area contributed by atoms with Crippen molar-refractivity contribution in [1.29, 1.82) is 5.26 Å². The van der Waals surface area contributed by atoms with Crippen molar-refractivity contribution in [3.05, 3.63) is 65.7 Å². The Morgan fingerprint density at radius 2 is 1.79 bits per heavy atom. The van der Waals surface area contributed by atoms with Crippen molar-refractivity contribution in [2.24, 2.45) is 0 Å². The predicted octanol–water partition coefficient (Wildman–Crippen LogP) is 1.91. The smallest absolute Gasteiger partial charge is 0.338 e. The lowest BCUT2D eigenvalue weighted by molar-refractivity contribution is -0.137. The van der Waals surface area contributed by atoms with Gasteiger partial charge in [0.15, 0.2) is 16.4 Å². The molecule has 10 heteroatoms. The minimum absolute atomic E-state index is 0.0211. The zero-order valence-electron chi connectivity index (χ0n) is 17.8. The summed E-state index contributed by atoms with van der Waals surface area (Å²) in [4.78, 5) is 38.2. The monoisotopic (exact) mass is 469 g/mol. The highest BCUT2D eigenvalue weighted by Crippen LogP contribution is 2.21. The van der Waals surface area contributed by atoms with Crippen molar-refractivity contribution < 1.29 is 27.5 Å². The van der Waals surface area contributed by atoms with Gasteiger partial charge in [-0.05, 0) is 36.2 Å². The molecule has 0 bridgehead atoms. The molecule has 0 aliphatic carbocycles. The highest BCUT2D eigenvalue weighted by atomic mass is 32.2. The van der Waals surface area contributed by atoms with Crippen LogP contribution in [0.1, 0.15) is 28.8 Å². The van der Waals surface area contributed by atoms with Crippen LogP contribution in [0, 0.1) is 11.3 Å². The van der Waals surface area contributed by atoms with Gasteiger partial charge in [-0.1, -0.05) is 30.3 Å². The maximum absolute atomic E-state index is 12.9. The van der Waals surface area contributed by atoms with Gasteiger partial charge in [-0.15, -0.1) is 0 Å². The molecule has 1 N–H and O–H groups in total. The first kappa shape index (κ1) is 23.9. The number of amides is 2. The number of rotatable bonds is 8. The van der Waals surface area contributed by atoms with Crippen LogP contribution in [-0.4, -0.2) is 55.3 Å². The highest BCUT2D eigenvalue weighted by Gasteiger charge is 2.35. The maximum Gasteiger partial charge on any atom is 0.338 e. The van der Waals surface area contributed by atoms with Crippen LogP contribution >= 0.6 is 0 Å². The van der Waals surface area contributed by atoms with E-state index in [1.165, 1.54) is 29.2 Å². The molecule has 1 heterocycles. The molecule has 1 atom stereocenters. The van der Waals surface area contributed by atoms with Gasteiger partial charge in [-0.25, -0.2) is 13.2 Å². The van der Waals surface area contributed by atoms with Gasteiger partial charge in [0, 0.05) is 18.3 Å². The summed E-state index contributed by atoms with van der Waals surface area (Å²) in [6.45, 7) is -0.308. The number of esters is 1. The quantitative estimate of drug-likeness (QED) is 0.584. The van der Waals surface area contributed by atoms with Crippen LogP contribution in [0.4, 0.5) is 5.69 Å². The summed E-state index contributed by atoms with van der Waals surface area (Å²) in [5.74, 6) is -1.76. The Labute approximate surface area is 191 Å². The van der Waals surface area contributed by atoms with Crippen molar-refractivity contribution in [2.45, 2.75) is 25.4 Å². The standard InChI is InChI=1S/C23H23N3O6S/c24-12-10-21(27)25-19-8-6-18(7-9-19)23(29)32-15-22(28)26(14-17-4-2-1-3-5-17)20-11-13-33(30,31)16-20/h1-9,20H,10-11,13-16H2,(H,25,27)/t20-/m0/s1. The first-order valence-corrected chi connectivity index (χ1v) is 12.1. The third-order valence-corrected chi connectivity index (χ3v) is 6.89. The molecule has 1 saturated heterocycles. The van der Waals surface area contributed by atoms with Crippen molar-refractivity contribution in [2.75, 3.05) is 23.4 Å². The third kappa shape index (κ3) is 6.89. The lowest BCUT2D eigenvalue weighted by atomic mass is 10.1. The number of nitrogens with one attached hydrogen (secondary N) is 1. The molecule has 2 aromatic rings. The van der Waals surface area contributed by atoms with E-state index in [1.807, 2.05) is 30.3 Å². The molecule has 0 unspecified atom stereocenters. The van der Waals surface area contributed by atoms with Gasteiger partial charge < -0.3 is 15.0 Å². The van der Waals surface area contributed by atoms with Crippen LogP contribution < -0.4 is 5.32 Å². The van der Waals surface area contributed by atoms with Gasteiger partial charge >= 0.3 is 5.97 Å². The Balaban J connectivity index is 1.62. The second-order valence-electron chi connectivity index (χ2n) is 7.60. The fourth-order valence-electron chi connectivity index (χ4n) is 3.48. The van der Waals surface area contributed by atoms with E-state index in [4.69, 9.17) is 10.00 Å². The largest absolute Gasteiger partial charge is 0.452 e. The van der Waals surface area contributed by atoms with Gasteiger partial charge in [0.2, 0.25) is 5.91 Å². The van der Waals surface area contributed by atoms with Gasteiger partial charge in [-0.2, -0.15) is 5.26 Å².